The Labute approximate surface area is 159 Å². The summed E-state index contributed by atoms with van der Waals surface area (Å²) in [5.41, 5.74) is 2.12. The SMILES string of the molecule is O=C(O)C1CCC(NCc2cccc(OCc3ccccc3Cl)c2)CC1. The van der Waals surface area contributed by atoms with E-state index in [1.54, 1.807) is 0 Å². The van der Waals surface area contributed by atoms with E-state index in [4.69, 9.17) is 21.4 Å². The Balaban J connectivity index is 1.48. The second-order valence-corrected chi connectivity index (χ2v) is 7.20. The van der Waals surface area contributed by atoms with Gasteiger partial charge in [0.05, 0.1) is 5.92 Å². The van der Waals surface area contributed by atoms with Gasteiger partial charge < -0.3 is 15.2 Å². The number of carboxylic acid groups (broad SMARTS) is 1. The fourth-order valence-corrected chi connectivity index (χ4v) is 3.52. The van der Waals surface area contributed by atoms with Crippen LogP contribution >= 0.6 is 11.6 Å². The highest BCUT2D eigenvalue weighted by atomic mass is 35.5. The quantitative estimate of drug-likeness (QED) is 0.741. The molecule has 0 aliphatic heterocycles. The molecule has 2 aromatic rings. The molecule has 1 saturated carbocycles. The number of rotatable bonds is 7. The molecule has 0 aromatic heterocycles. The lowest BCUT2D eigenvalue weighted by Gasteiger charge is -2.27. The average Bonchev–Trinajstić information content (AvgIpc) is 2.66. The lowest BCUT2D eigenvalue weighted by Crippen LogP contribution is -2.34. The zero-order valence-electron chi connectivity index (χ0n) is 14.7. The molecule has 3 rings (SSSR count). The minimum Gasteiger partial charge on any atom is -0.489 e. The van der Waals surface area contributed by atoms with Crippen molar-refractivity contribution in [2.24, 2.45) is 5.92 Å². The topological polar surface area (TPSA) is 58.6 Å². The first-order chi connectivity index (χ1) is 12.6. The molecule has 5 heteroatoms. The van der Waals surface area contributed by atoms with Gasteiger partial charge in [0.2, 0.25) is 0 Å². The summed E-state index contributed by atoms with van der Waals surface area (Å²) >= 11 is 6.16. The van der Waals surface area contributed by atoms with Gasteiger partial charge in [0.15, 0.2) is 0 Å². The highest BCUT2D eigenvalue weighted by Gasteiger charge is 2.25. The van der Waals surface area contributed by atoms with E-state index in [9.17, 15) is 4.79 Å². The van der Waals surface area contributed by atoms with Crippen LogP contribution in [0.3, 0.4) is 0 Å². The maximum Gasteiger partial charge on any atom is 0.306 e. The van der Waals surface area contributed by atoms with Gasteiger partial charge >= 0.3 is 5.97 Å². The van der Waals surface area contributed by atoms with Crippen molar-refractivity contribution in [1.82, 2.24) is 5.32 Å². The molecule has 2 N–H and O–H groups in total. The van der Waals surface area contributed by atoms with E-state index in [-0.39, 0.29) is 5.92 Å². The minimum absolute atomic E-state index is 0.172. The third-order valence-electron chi connectivity index (χ3n) is 4.92. The fourth-order valence-electron chi connectivity index (χ4n) is 3.33. The Morgan fingerprint density at radius 3 is 2.62 bits per heavy atom. The predicted molar refractivity (Wildman–Crippen MR) is 102 cm³/mol. The van der Waals surface area contributed by atoms with Gasteiger partial charge in [-0.25, -0.2) is 0 Å². The standard InChI is InChI=1S/C21H24ClNO3/c22-20-7-2-1-5-17(20)14-26-19-6-3-4-15(12-19)13-23-18-10-8-16(9-11-18)21(24)25/h1-7,12,16,18,23H,8-11,13-14H2,(H,24,25). The Kier molecular flexibility index (Phi) is 6.53. The van der Waals surface area contributed by atoms with Crippen molar-refractivity contribution in [3.8, 4) is 5.75 Å². The number of aliphatic carboxylic acids is 1. The first-order valence-corrected chi connectivity index (χ1v) is 9.41. The van der Waals surface area contributed by atoms with E-state index in [1.807, 2.05) is 42.5 Å². The highest BCUT2D eigenvalue weighted by Crippen LogP contribution is 2.25. The third-order valence-corrected chi connectivity index (χ3v) is 5.29. The molecule has 1 aliphatic carbocycles. The van der Waals surface area contributed by atoms with Crippen molar-refractivity contribution in [3.05, 3.63) is 64.7 Å². The normalized spacial score (nSPS) is 19.9. The van der Waals surface area contributed by atoms with Crippen molar-refractivity contribution >= 4 is 17.6 Å². The van der Waals surface area contributed by atoms with Gasteiger partial charge in [0, 0.05) is 23.2 Å². The van der Waals surface area contributed by atoms with Crippen LogP contribution in [0.5, 0.6) is 5.75 Å². The van der Waals surface area contributed by atoms with Crippen LogP contribution < -0.4 is 10.1 Å². The summed E-state index contributed by atoms with van der Waals surface area (Å²) in [4.78, 5) is 11.0. The van der Waals surface area contributed by atoms with Crippen LogP contribution in [0.25, 0.3) is 0 Å². The first kappa shape index (κ1) is 18.7. The van der Waals surface area contributed by atoms with Crippen molar-refractivity contribution in [3.63, 3.8) is 0 Å². The Bertz CT molecular complexity index is 742. The molecule has 0 atom stereocenters. The molecule has 0 amide bonds. The number of hydrogen-bond donors (Lipinski definition) is 2. The summed E-state index contributed by atoms with van der Waals surface area (Å²) in [6.45, 7) is 1.20. The van der Waals surface area contributed by atoms with Crippen molar-refractivity contribution < 1.29 is 14.6 Å². The highest BCUT2D eigenvalue weighted by molar-refractivity contribution is 6.31. The molecule has 138 valence electrons. The third kappa shape index (κ3) is 5.23. The number of carboxylic acids is 1. The summed E-state index contributed by atoms with van der Waals surface area (Å²) in [7, 11) is 0. The number of nitrogens with one attached hydrogen (secondary N) is 1. The van der Waals surface area contributed by atoms with E-state index in [0.717, 1.165) is 49.1 Å². The second-order valence-electron chi connectivity index (χ2n) is 6.80. The number of hydrogen-bond acceptors (Lipinski definition) is 3. The molecule has 26 heavy (non-hydrogen) atoms. The molecule has 2 aromatic carbocycles. The Morgan fingerprint density at radius 1 is 1.12 bits per heavy atom. The zero-order chi connectivity index (χ0) is 18.4. The number of benzene rings is 2. The van der Waals surface area contributed by atoms with Gasteiger partial charge in [-0.1, -0.05) is 41.9 Å². The smallest absolute Gasteiger partial charge is 0.306 e. The maximum absolute atomic E-state index is 11.0. The molecule has 0 unspecified atom stereocenters. The molecule has 4 nitrogen and oxygen atoms in total. The van der Waals surface area contributed by atoms with E-state index >= 15 is 0 Å². The van der Waals surface area contributed by atoms with Crippen LogP contribution in [-0.2, 0) is 17.9 Å². The van der Waals surface area contributed by atoms with Gasteiger partial charge in [-0.3, -0.25) is 4.79 Å². The molecule has 1 fully saturated rings. The Morgan fingerprint density at radius 2 is 1.88 bits per heavy atom. The summed E-state index contributed by atoms with van der Waals surface area (Å²) in [6.07, 6.45) is 3.35. The molecule has 0 heterocycles. The summed E-state index contributed by atoms with van der Waals surface area (Å²) < 4.78 is 5.87. The van der Waals surface area contributed by atoms with Gasteiger partial charge in [-0.05, 0) is 49.4 Å². The molecule has 1 aliphatic rings. The number of halogens is 1. The van der Waals surface area contributed by atoms with Crippen molar-refractivity contribution in [2.45, 2.75) is 44.9 Å². The summed E-state index contributed by atoms with van der Waals surface area (Å²) in [6, 6.07) is 16.1. The van der Waals surface area contributed by atoms with Gasteiger partial charge in [0.1, 0.15) is 12.4 Å². The van der Waals surface area contributed by atoms with E-state index in [0.29, 0.717) is 17.7 Å². The van der Waals surface area contributed by atoms with Gasteiger partial charge in [-0.2, -0.15) is 0 Å². The molecule has 0 bridgehead atoms. The monoisotopic (exact) mass is 373 g/mol. The van der Waals surface area contributed by atoms with E-state index in [2.05, 4.69) is 11.4 Å². The van der Waals surface area contributed by atoms with Crippen LogP contribution in [0.4, 0.5) is 0 Å². The first-order valence-electron chi connectivity index (χ1n) is 9.03. The molecule has 0 spiro atoms. The lowest BCUT2D eigenvalue weighted by molar-refractivity contribution is -0.142. The largest absolute Gasteiger partial charge is 0.489 e. The number of ether oxygens (including phenoxy) is 1. The van der Waals surface area contributed by atoms with E-state index < -0.39 is 5.97 Å². The fraction of sp³-hybridized carbons (Fsp3) is 0.381. The molecular weight excluding hydrogens is 350 g/mol. The van der Waals surface area contributed by atoms with Gasteiger partial charge in [0.25, 0.3) is 0 Å². The second kappa shape index (κ2) is 9.06. The summed E-state index contributed by atoms with van der Waals surface area (Å²) in [5.74, 6) is -0.0137. The average molecular weight is 374 g/mol. The number of carbonyl (C=O) groups is 1. The van der Waals surface area contributed by atoms with Crippen LogP contribution in [0.15, 0.2) is 48.5 Å². The summed E-state index contributed by atoms with van der Waals surface area (Å²) in [5, 5.41) is 13.3. The maximum atomic E-state index is 11.0. The van der Waals surface area contributed by atoms with Crippen LogP contribution in [0, 0.1) is 5.92 Å². The lowest BCUT2D eigenvalue weighted by atomic mass is 9.86. The van der Waals surface area contributed by atoms with Crippen molar-refractivity contribution in [1.29, 1.82) is 0 Å². The van der Waals surface area contributed by atoms with Crippen LogP contribution in [0.2, 0.25) is 5.02 Å². The van der Waals surface area contributed by atoms with Crippen molar-refractivity contribution in [2.75, 3.05) is 0 Å². The molecule has 0 saturated heterocycles. The van der Waals surface area contributed by atoms with Gasteiger partial charge in [-0.15, -0.1) is 0 Å². The molecule has 0 radical (unpaired) electrons. The van der Waals surface area contributed by atoms with E-state index in [1.165, 1.54) is 0 Å². The Hall–Kier alpha value is -2.04. The van der Waals surface area contributed by atoms with Crippen LogP contribution in [0.1, 0.15) is 36.8 Å². The van der Waals surface area contributed by atoms with Crippen LogP contribution in [-0.4, -0.2) is 17.1 Å². The minimum atomic E-state index is -0.660. The molecular formula is C21H24ClNO3. The predicted octanol–water partition coefficient (Wildman–Crippen LogP) is 4.65. The zero-order valence-corrected chi connectivity index (χ0v) is 15.4.